The van der Waals surface area contributed by atoms with Crippen LogP contribution in [0.4, 0.5) is 13.2 Å². The second-order valence-corrected chi connectivity index (χ2v) is 5.30. The van der Waals surface area contributed by atoms with Gasteiger partial charge in [-0.15, -0.1) is 0 Å². The van der Waals surface area contributed by atoms with Crippen molar-refractivity contribution in [2.24, 2.45) is 0 Å². The summed E-state index contributed by atoms with van der Waals surface area (Å²) in [5, 5.41) is 3.27. The molecule has 1 aliphatic rings. The van der Waals surface area contributed by atoms with E-state index in [9.17, 15) is 18.0 Å². The van der Waals surface area contributed by atoms with Gasteiger partial charge in [-0.25, -0.2) is 0 Å². The minimum Gasteiger partial charge on any atom is -0.370 e. The number of alkyl halides is 3. The van der Waals surface area contributed by atoms with Gasteiger partial charge in [-0.2, -0.15) is 13.2 Å². The fraction of sp³-hybridized carbons (Fsp3) is 0.923. The third kappa shape index (κ3) is 4.34. The number of rotatable bonds is 7. The van der Waals surface area contributed by atoms with E-state index in [1.807, 2.05) is 20.8 Å². The Hall–Kier alpha value is -0.820. The Bertz CT molecular complexity index is 336. The molecular formula is C13H23F3N2O2. The first-order valence-corrected chi connectivity index (χ1v) is 6.96. The molecule has 1 fully saturated rings. The van der Waals surface area contributed by atoms with Gasteiger partial charge in [0.25, 0.3) is 0 Å². The molecule has 118 valence electrons. The molecule has 1 saturated heterocycles. The average molecular weight is 296 g/mol. The number of hydrogen-bond donors (Lipinski definition) is 1. The van der Waals surface area contributed by atoms with Crippen LogP contribution in [0.5, 0.6) is 0 Å². The molecule has 2 atom stereocenters. The predicted octanol–water partition coefficient (Wildman–Crippen LogP) is 2.29. The van der Waals surface area contributed by atoms with Gasteiger partial charge in [-0.05, 0) is 19.8 Å². The summed E-state index contributed by atoms with van der Waals surface area (Å²) in [6.45, 7) is 4.55. The zero-order valence-corrected chi connectivity index (χ0v) is 12.2. The topological polar surface area (TPSA) is 41.6 Å². The van der Waals surface area contributed by atoms with Gasteiger partial charge in [0.05, 0.1) is 18.3 Å². The zero-order valence-electron chi connectivity index (χ0n) is 12.2. The number of hydrogen-bond acceptors (Lipinski definition) is 3. The molecule has 0 aliphatic carbocycles. The van der Waals surface area contributed by atoms with Crippen LogP contribution in [-0.2, 0) is 9.53 Å². The van der Waals surface area contributed by atoms with Gasteiger partial charge >= 0.3 is 6.18 Å². The van der Waals surface area contributed by atoms with Crippen LogP contribution in [0, 0.1) is 0 Å². The molecule has 0 aromatic heterocycles. The van der Waals surface area contributed by atoms with E-state index < -0.39 is 18.3 Å². The highest BCUT2D eigenvalue weighted by Gasteiger charge is 2.45. The van der Waals surface area contributed by atoms with Crippen molar-refractivity contribution in [2.45, 2.75) is 57.9 Å². The fourth-order valence-corrected chi connectivity index (χ4v) is 2.33. The molecule has 0 aromatic rings. The van der Waals surface area contributed by atoms with Crippen molar-refractivity contribution in [1.29, 1.82) is 0 Å². The Balaban J connectivity index is 2.54. The van der Waals surface area contributed by atoms with Crippen molar-refractivity contribution in [2.75, 3.05) is 19.8 Å². The zero-order chi connectivity index (χ0) is 15.4. The summed E-state index contributed by atoms with van der Waals surface area (Å²) in [5.74, 6) is -0.0611. The Morgan fingerprint density at radius 2 is 2.05 bits per heavy atom. The van der Waals surface area contributed by atoms with Crippen LogP contribution >= 0.6 is 0 Å². The van der Waals surface area contributed by atoms with E-state index in [1.54, 1.807) is 4.90 Å². The highest BCUT2D eigenvalue weighted by Crippen LogP contribution is 2.25. The van der Waals surface area contributed by atoms with Gasteiger partial charge in [0.2, 0.25) is 5.91 Å². The smallest absolute Gasteiger partial charge is 0.370 e. The second kappa shape index (κ2) is 6.76. The van der Waals surface area contributed by atoms with Crippen LogP contribution in [0.2, 0.25) is 0 Å². The SMILES string of the molecule is CCCC1NC(C)(CC)C(=O)N1CCOCC(F)(F)F. The summed E-state index contributed by atoms with van der Waals surface area (Å²) in [6, 6.07) is 0. The molecule has 1 rings (SSSR count). The summed E-state index contributed by atoms with van der Waals surface area (Å²) < 4.78 is 40.6. The first-order chi connectivity index (χ1) is 9.23. The van der Waals surface area contributed by atoms with E-state index in [0.29, 0.717) is 6.42 Å². The Morgan fingerprint density at radius 3 is 2.55 bits per heavy atom. The molecule has 7 heteroatoms. The molecule has 20 heavy (non-hydrogen) atoms. The van der Waals surface area contributed by atoms with Crippen molar-refractivity contribution in [3.8, 4) is 0 Å². The quantitative estimate of drug-likeness (QED) is 0.733. The lowest BCUT2D eigenvalue weighted by molar-refractivity contribution is -0.175. The number of halogens is 3. The number of carbonyl (C=O) groups is 1. The molecule has 2 unspecified atom stereocenters. The molecular weight excluding hydrogens is 273 g/mol. The van der Waals surface area contributed by atoms with Crippen LogP contribution in [0.15, 0.2) is 0 Å². The normalized spacial score (nSPS) is 27.4. The molecule has 1 aliphatic heterocycles. The lowest BCUT2D eigenvalue weighted by Gasteiger charge is -2.23. The maximum atomic E-state index is 12.3. The largest absolute Gasteiger partial charge is 0.411 e. The molecule has 1 amide bonds. The highest BCUT2D eigenvalue weighted by molar-refractivity contribution is 5.88. The highest BCUT2D eigenvalue weighted by atomic mass is 19.4. The summed E-state index contributed by atoms with van der Waals surface area (Å²) in [7, 11) is 0. The van der Waals surface area contributed by atoms with Crippen molar-refractivity contribution in [3.05, 3.63) is 0 Å². The van der Waals surface area contributed by atoms with Gasteiger partial charge in [0, 0.05) is 6.54 Å². The Morgan fingerprint density at radius 1 is 1.40 bits per heavy atom. The van der Waals surface area contributed by atoms with E-state index in [0.717, 1.165) is 12.8 Å². The van der Waals surface area contributed by atoms with E-state index in [2.05, 4.69) is 10.1 Å². The molecule has 1 N–H and O–H groups in total. The number of nitrogens with zero attached hydrogens (tertiary/aromatic N) is 1. The summed E-state index contributed by atoms with van der Waals surface area (Å²) in [6.07, 6.45) is -2.13. The predicted molar refractivity (Wildman–Crippen MR) is 69.1 cm³/mol. The Kier molecular flexibility index (Phi) is 5.82. The maximum absolute atomic E-state index is 12.3. The Labute approximate surface area is 117 Å². The number of nitrogens with one attached hydrogen (secondary N) is 1. The molecule has 0 radical (unpaired) electrons. The standard InChI is InChI=1S/C13H23F3N2O2/c1-4-6-10-17-12(3,5-2)11(19)18(10)7-8-20-9-13(14,15)16/h10,17H,4-9H2,1-3H3. The first kappa shape index (κ1) is 17.2. The summed E-state index contributed by atoms with van der Waals surface area (Å²) >= 11 is 0. The van der Waals surface area contributed by atoms with Crippen molar-refractivity contribution in [1.82, 2.24) is 10.2 Å². The lowest BCUT2D eigenvalue weighted by atomic mass is 9.99. The van der Waals surface area contributed by atoms with Crippen LogP contribution in [0.1, 0.15) is 40.0 Å². The number of carbonyl (C=O) groups excluding carboxylic acids is 1. The summed E-state index contributed by atoms with van der Waals surface area (Å²) in [4.78, 5) is 13.9. The molecule has 4 nitrogen and oxygen atoms in total. The van der Waals surface area contributed by atoms with Crippen molar-refractivity contribution >= 4 is 5.91 Å². The number of amides is 1. The van der Waals surface area contributed by atoms with E-state index in [4.69, 9.17) is 0 Å². The van der Waals surface area contributed by atoms with Crippen LogP contribution < -0.4 is 5.32 Å². The lowest BCUT2D eigenvalue weighted by Crippen LogP contribution is -2.43. The molecule has 0 saturated carbocycles. The average Bonchev–Trinajstić information content (AvgIpc) is 2.58. The second-order valence-electron chi connectivity index (χ2n) is 5.30. The van der Waals surface area contributed by atoms with Crippen LogP contribution in [0.3, 0.4) is 0 Å². The first-order valence-electron chi connectivity index (χ1n) is 6.96. The summed E-state index contributed by atoms with van der Waals surface area (Å²) in [5.41, 5.74) is -0.621. The van der Waals surface area contributed by atoms with Crippen LogP contribution in [-0.4, -0.2) is 48.4 Å². The van der Waals surface area contributed by atoms with Gasteiger partial charge in [0.1, 0.15) is 6.61 Å². The van der Waals surface area contributed by atoms with Gasteiger partial charge in [-0.1, -0.05) is 20.3 Å². The minimum atomic E-state index is -4.33. The maximum Gasteiger partial charge on any atom is 0.411 e. The van der Waals surface area contributed by atoms with Crippen LogP contribution in [0.25, 0.3) is 0 Å². The van der Waals surface area contributed by atoms with Gasteiger partial charge in [0.15, 0.2) is 0 Å². The number of ether oxygens (including phenoxy) is 1. The van der Waals surface area contributed by atoms with Crippen molar-refractivity contribution < 1.29 is 22.7 Å². The van der Waals surface area contributed by atoms with Gasteiger partial charge in [-0.3, -0.25) is 10.1 Å². The monoisotopic (exact) mass is 296 g/mol. The third-order valence-corrected chi connectivity index (χ3v) is 3.61. The van der Waals surface area contributed by atoms with E-state index >= 15 is 0 Å². The fourth-order valence-electron chi connectivity index (χ4n) is 2.33. The molecule has 0 aromatic carbocycles. The van der Waals surface area contributed by atoms with Gasteiger partial charge < -0.3 is 9.64 Å². The third-order valence-electron chi connectivity index (χ3n) is 3.61. The molecule has 0 spiro atoms. The van der Waals surface area contributed by atoms with E-state index in [1.165, 1.54) is 0 Å². The molecule has 1 heterocycles. The minimum absolute atomic E-state index is 0.0611. The molecule has 0 bridgehead atoms. The van der Waals surface area contributed by atoms with E-state index in [-0.39, 0.29) is 25.2 Å². The van der Waals surface area contributed by atoms with Crippen molar-refractivity contribution in [3.63, 3.8) is 0 Å².